The second kappa shape index (κ2) is 7.61. The summed E-state index contributed by atoms with van der Waals surface area (Å²) in [5.74, 6) is 0.552. The molecule has 0 saturated carbocycles. The maximum atomic E-state index is 12.5. The van der Waals surface area contributed by atoms with E-state index < -0.39 is 20.6 Å². The molecule has 0 aromatic heterocycles. The maximum absolute atomic E-state index is 12.5. The van der Waals surface area contributed by atoms with E-state index in [9.17, 15) is 18.5 Å². The van der Waals surface area contributed by atoms with E-state index in [2.05, 4.69) is 0 Å². The number of benzene rings is 2. The summed E-state index contributed by atoms with van der Waals surface area (Å²) in [4.78, 5) is 9.94. The molecule has 0 spiro atoms. The molecule has 0 radical (unpaired) electrons. The van der Waals surface area contributed by atoms with Crippen LogP contribution in [0.3, 0.4) is 0 Å². The van der Waals surface area contributed by atoms with Crippen molar-refractivity contribution in [2.75, 3.05) is 20.2 Å². The third kappa shape index (κ3) is 4.22. The van der Waals surface area contributed by atoms with Crippen molar-refractivity contribution >= 4 is 27.3 Å². The Kier molecular flexibility index (Phi) is 5.76. The number of nitro benzene ring substituents is 1. The molecule has 0 unspecified atom stereocenters. The van der Waals surface area contributed by atoms with E-state index in [1.807, 2.05) is 0 Å². The van der Waals surface area contributed by atoms with Crippen molar-refractivity contribution in [1.82, 2.24) is 4.31 Å². The molecule has 0 saturated heterocycles. The molecule has 2 rings (SSSR count). The van der Waals surface area contributed by atoms with Crippen LogP contribution in [-0.4, -0.2) is 37.8 Å². The zero-order valence-corrected chi connectivity index (χ0v) is 14.3. The molecule has 128 valence electrons. The summed E-state index contributed by atoms with van der Waals surface area (Å²) >= 11 is 5.77. The van der Waals surface area contributed by atoms with Gasteiger partial charge in [-0.3, -0.25) is 10.1 Å². The Bertz CT molecular complexity index is 824. The topological polar surface area (TPSA) is 89.8 Å². The largest absolute Gasteiger partial charge is 0.492 e. The minimum absolute atomic E-state index is 0.0387. The van der Waals surface area contributed by atoms with Gasteiger partial charge in [0.15, 0.2) is 4.90 Å². The minimum Gasteiger partial charge on any atom is -0.492 e. The van der Waals surface area contributed by atoms with Gasteiger partial charge in [0.2, 0.25) is 10.0 Å². The molecule has 9 heteroatoms. The van der Waals surface area contributed by atoms with Crippen molar-refractivity contribution in [3.63, 3.8) is 0 Å². The minimum atomic E-state index is -3.99. The Morgan fingerprint density at radius 2 is 1.79 bits per heavy atom. The first-order chi connectivity index (χ1) is 11.3. The molecular weight excluding hydrogens is 356 g/mol. The predicted octanol–water partition coefficient (Wildman–Crippen LogP) is 2.95. The molecule has 0 atom stereocenters. The van der Waals surface area contributed by atoms with Crippen LogP contribution >= 0.6 is 11.6 Å². The summed E-state index contributed by atoms with van der Waals surface area (Å²) < 4.78 is 31.4. The van der Waals surface area contributed by atoms with E-state index >= 15 is 0 Å². The number of hydrogen-bond acceptors (Lipinski definition) is 5. The summed E-state index contributed by atoms with van der Waals surface area (Å²) in [5, 5.41) is 11.6. The third-order valence-corrected chi connectivity index (χ3v) is 5.39. The number of nitrogens with zero attached hydrogens (tertiary/aromatic N) is 2. The molecule has 2 aromatic carbocycles. The molecule has 0 aliphatic rings. The summed E-state index contributed by atoms with van der Waals surface area (Å²) in [5.41, 5.74) is -0.456. The molecule has 0 heterocycles. The predicted molar refractivity (Wildman–Crippen MR) is 89.9 cm³/mol. The van der Waals surface area contributed by atoms with Crippen molar-refractivity contribution in [2.24, 2.45) is 0 Å². The van der Waals surface area contributed by atoms with E-state index in [0.29, 0.717) is 10.8 Å². The Morgan fingerprint density at radius 1 is 1.17 bits per heavy atom. The van der Waals surface area contributed by atoms with Crippen LogP contribution in [0.4, 0.5) is 5.69 Å². The second-order valence-electron chi connectivity index (χ2n) is 4.85. The van der Waals surface area contributed by atoms with Gasteiger partial charge in [-0.15, -0.1) is 0 Å². The molecule has 24 heavy (non-hydrogen) atoms. The van der Waals surface area contributed by atoms with Crippen LogP contribution < -0.4 is 4.74 Å². The van der Waals surface area contributed by atoms with Crippen molar-refractivity contribution < 1.29 is 18.1 Å². The molecule has 0 N–H and O–H groups in total. The van der Waals surface area contributed by atoms with Gasteiger partial charge in [-0.05, 0) is 30.3 Å². The standard InChI is InChI=1S/C15H15ClN2O5S/c1-17(10-11-23-13-8-6-12(16)7-9-13)24(21,22)15-5-3-2-4-14(15)18(19)20/h2-9H,10-11H2,1H3. The van der Waals surface area contributed by atoms with Crippen molar-refractivity contribution in [1.29, 1.82) is 0 Å². The summed E-state index contributed by atoms with van der Waals surface area (Å²) in [6.07, 6.45) is 0. The van der Waals surface area contributed by atoms with Gasteiger partial charge in [0.25, 0.3) is 5.69 Å². The summed E-state index contributed by atoms with van der Waals surface area (Å²) in [6, 6.07) is 11.9. The SMILES string of the molecule is CN(CCOc1ccc(Cl)cc1)S(=O)(=O)c1ccccc1[N+](=O)[O-]. The summed E-state index contributed by atoms with van der Waals surface area (Å²) in [7, 11) is -2.64. The van der Waals surface area contributed by atoms with Crippen molar-refractivity contribution in [3.05, 3.63) is 63.7 Å². The molecule has 7 nitrogen and oxygen atoms in total. The lowest BCUT2D eigenvalue weighted by atomic mass is 10.3. The lowest BCUT2D eigenvalue weighted by Crippen LogP contribution is -2.31. The first-order valence-corrected chi connectivity index (χ1v) is 8.72. The first-order valence-electron chi connectivity index (χ1n) is 6.90. The average molecular weight is 371 g/mol. The average Bonchev–Trinajstić information content (AvgIpc) is 2.56. The van der Waals surface area contributed by atoms with Crippen LogP contribution in [0, 0.1) is 10.1 Å². The summed E-state index contributed by atoms with van der Waals surface area (Å²) in [6.45, 7) is 0.134. The van der Waals surface area contributed by atoms with Crippen LogP contribution in [0.2, 0.25) is 5.02 Å². The van der Waals surface area contributed by atoms with E-state index in [0.717, 1.165) is 10.4 Å². The Hall–Kier alpha value is -2.16. The smallest absolute Gasteiger partial charge is 0.289 e. The van der Waals surface area contributed by atoms with Crippen LogP contribution in [0.1, 0.15) is 0 Å². The highest BCUT2D eigenvalue weighted by Gasteiger charge is 2.28. The highest BCUT2D eigenvalue weighted by atomic mass is 35.5. The molecule has 0 aliphatic heterocycles. The van der Waals surface area contributed by atoms with Crippen LogP contribution in [-0.2, 0) is 10.0 Å². The normalized spacial score (nSPS) is 11.5. The molecule has 0 bridgehead atoms. The van der Waals surface area contributed by atoms with Crippen LogP contribution in [0.15, 0.2) is 53.4 Å². The second-order valence-corrected chi connectivity index (χ2v) is 7.30. The van der Waals surface area contributed by atoms with E-state index in [1.165, 1.54) is 25.2 Å². The highest BCUT2D eigenvalue weighted by Crippen LogP contribution is 2.25. The number of nitro groups is 1. The van der Waals surface area contributed by atoms with Gasteiger partial charge >= 0.3 is 0 Å². The quantitative estimate of drug-likeness (QED) is 0.552. The number of para-hydroxylation sites is 1. The van der Waals surface area contributed by atoms with Crippen LogP contribution in [0.5, 0.6) is 5.75 Å². The van der Waals surface area contributed by atoms with Gasteiger partial charge in [-0.25, -0.2) is 8.42 Å². The van der Waals surface area contributed by atoms with Crippen molar-refractivity contribution in [2.45, 2.75) is 4.90 Å². The maximum Gasteiger partial charge on any atom is 0.289 e. The highest BCUT2D eigenvalue weighted by molar-refractivity contribution is 7.89. The monoisotopic (exact) mass is 370 g/mol. The van der Waals surface area contributed by atoms with Crippen molar-refractivity contribution in [3.8, 4) is 5.75 Å². The Morgan fingerprint density at radius 3 is 2.42 bits per heavy atom. The molecule has 2 aromatic rings. The van der Waals surface area contributed by atoms with Gasteiger partial charge in [-0.2, -0.15) is 4.31 Å². The third-order valence-electron chi connectivity index (χ3n) is 3.24. The Labute approximate surface area is 144 Å². The number of rotatable bonds is 7. The van der Waals surface area contributed by atoms with E-state index in [4.69, 9.17) is 16.3 Å². The molecular formula is C15H15ClN2O5S. The first kappa shape index (κ1) is 18.2. The van der Waals surface area contributed by atoms with E-state index in [-0.39, 0.29) is 18.0 Å². The van der Waals surface area contributed by atoms with Gasteiger partial charge in [0.1, 0.15) is 12.4 Å². The van der Waals surface area contributed by atoms with Crippen LogP contribution in [0.25, 0.3) is 0 Å². The fourth-order valence-electron chi connectivity index (χ4n) is 1.94. The Balaban J connectivity index is 2.07. The number of hydrogen-bond donors (Lipinski definition) is 0. The van der Waals surface area contributed by atoms with E-state index in [1.54, 1.807) is 24.3 Å². The molecule has 0 amide bonds. The van der Waals surface area contributed by atoms with Gasteiger partial charge in [0, 0.05) is 24.7 Å². The number of halogens is 1. The van der Waals surface area contributed by atoms with Gasteiger partial charge < -0.3 is 4.74 Å². The number of sulfonamides is 1. The molecule has 0 fully saturated rings. The number of likely N-dealkylation sites (N-methyl/N-ethyl adjacent to an activating group) is 1. The van der Waals surface area contributed by atoms with Gasteiger partial charge in [-0.1, -0.05) is 23.7 Å². The lowest BCUT2D eigenvalue weighted by Gasteiger charge is -2.17. The fraction of sp³-hybridized carbons (Fsp3) is 0.200. The zero-order valence-electron chi connectivity index (χ0n) is 12.8. The zero-order chi connectivity index (χ0) is 17.7. The fourth-order valence-corrected chi connectivity index (χ4v) is 3.37. The molecule has 0 aliphatic carbocycles. The number of ether oxygens (including phenoxy) is 1. The lowest BCUT2D eigenvalue weighted by molar-refractivity contribution is -0.387. The van der Waals surface area contributed by atoms with Gasteiger partial charge in [0.05, 0.1) is 4.92 Å².